The third-order valence-corrected chi connectivity index (χ3v) is 7.64. The van der Waals surface area contributed by atoms with Crippen LogP contribution in [0.2, 0.25) is 10.0 Å². The van der Waals surface area contributed by atoms with Gasteiger partial charge in [0, 0.05) is 31.2 Å². The fourth-order valence-corrected chi connectivity index (χ4v) is 5.01. The Balaban J connectivity index is 1.63. The molecule has 0 saturated carbocycles. The van der Waals surface area contributed by atoms with Crippen LogP contribution in [0.5, 0.6) is 5.75 Å². The van der Waals surface area contributed by atoms with E-state index in [2.05, 4.69) is 15.5 Å². The lowest BCUT2D eigenvalue weighted by Gasteiger charge is -2.38. The summed E-state index contributed by atoms with van der Waals surface area (Å²) in [4.78, 5) is 30.3. The second-order valence-corrected chi connectivity index (χ2v) is 11.0. The number of aliphatic hydroxyl groups excluding tert-OH is 1. The van der Waals surface area contributed by atoms with Crippen LogP contribution in [-0.4, -0.2) is 65.7 Å². The van der Waals surface area contributed by atoms with Crippen LogP contribution < -0.4 is 15.4 Å². The van der Waals surface area contributed by atoms with Gasteiger partial charge in [-0.3, -0.25) is 9.69 Å². The number of halogens is 2. The van der Waals surface area contributed by atoms with Crippen molar-refractivity contribution in [3.63, 3.8) is 0 Å². The van der Waals surface area contributed by atoms with Gasteiger partial charge in [0.05, 0.1) is 33.9 Å². The quantitative estimate of drug-likeness (QED) is 0.302. The molecule has 3 aromatic carbocycles. The van der Waals surface area contributed by atoms with Crippen LogP contribution in [0.3, 0.4) is 0 Å². The molecule has 3 atom stereocenters. The molecule has 0 unspecified atom stereocenters. The van der Waals surface area contributed by atoms with Gasteiger partial charge in [-0.25, -0.2) is 4.79 Å². The summed E-state index contributed by atoms with van der Waals surface area (Å²) >= 11 is 12.3. The van der Waals surface area contributed by atoms with Gasteiger partial charge in [-0.2, -0.15) is 0 Å². The summed E-state index contributed by atoms with van der Waals surface area (Å²) in [7, 11) is 1.98. The number of para-hydroxylation sites is 2. The summed E-state index contributed by atoms with van der Waals surface area (Å²) in [6.07, 6.45) is -0.340. The SMILES string of the molecule is C[C@@H]1CN([C@H](C)CO)C(=O)c2cccc(NC(=O)Nc3ccccc3)c2O[C@@H]1CN(C)Cc1ccc(Cl)c(Cl)c1. The molecule has 0 aliphatic carbocycles. The van der Waals surface area contributed by atoms with Gasteiger partial charge in [0.15, 0.2) is 5.75 Å². The van der Waals surface area contributed by atoms with Crippen molar-refractivity contribution in [2.75, 3.05) is 37.4 Å². The third-order valence-electron chi connectivity index (χ3n) is 6.90. The van der Waals surface area contributed by atoms with Crippen LogP contribution in [-0.2, 0) is 6.54 Å². The Labute approximate surface area is 244 Å². The Morgan fingerprint density at radius 1 is 1.10 bits per heavy atom. The van der Waals surface area contributed by atoms with Gasteiger partial charge in [0.1, 0.15) is 6.10 Å². The molecule has 3 aromatic rings. The van der Waals surface area contributed by atoms with Gasteiger partial charge < -0.3 is 25.4 Å². The minimum Gasteiger partial charge on any atom is -0.486 e. The van der Waals surface area contributed by atoms with Gasteiger partial charge in [-0.1, -0.05) is 60.5 Å². The maximum absolute atomic E-state index is 13.7. The fraction of sp³-hybridized carbons (Fsp3) is 0.333. The van der Waals surface area contributed by atoms with Crippen LogP contribution in [0.25, 0.3) is 0 Å². The van der Waals surface area contributed by atoms with Crippen molar-refractivity contribution < 1.29 is 19.4 Å². The Morgan fingerprint density at radius 3 is 2.55 bits per heavy atom. The minimum absolute atomic E-state index is 0.0893. The standard InChI is InChI=1S/C30H34Cl2N4O4/c1-19-15-36(20(2)18-37)29(38)23-10-7-11-26(34-30(39)33-22-8-5-4-6-9-22)28(23)40-27(19)17-35(3)16-21-12-13-24(31)25(32)14-21/h4-14,19-20,27,37H,15-18H2,1-3H3,(H2,33,34,39)/t19-,20-,27-/m1/s1. The third kappa shape index (κ3) is 7.26. The summed E-state index contributed by atoms with van der Waals surface area (Å²) in [5, 5.41) is 16.6. The first-order chi connectivity index (χ1) is 19.2. The molecule has 4 rings (SSSR count). The largest absolute Gasteiger partial charge is 0.486 e. The highest BCUT2D eigenvalue weighted by atomic mass is 35.5. The molecule has 40 heavy (non-hydrogen) atoms. The number of carbonyl (C=O) groups excluding carboxylic acids is 2. The van der Waals surface area contributed by atoms with Crippen LogP contribution in [0.1, 0.15) is 29.8 Å². The van der Waals surface area contributed by atoms with E-state index >= 15 is 0 Å². The fourth-order valence-electron chi connectivity index (χ4n) is 4.69. The van der Waals surface area contributed by atoms with E-state index in [1.54, 1.807) is 41.3 Å². The normalized spacial score (nSPS) is 17.9. The number of benzene rings is 3. The number of hydrogen-bond acceptors (Lipinski definition) is 5. The van der Waals surface area contributed by atoms with E-state index in [1.807, 2.05) is 51.2 Å². The highest BCUT2D eigenvalue weighted by Gasteiger charge is 2.34. The van der Waals surface area contributed by atoms with Crippen LogP contribution in [0.15, 0.2) is 66.7 Å². The smallest absolute Gasteiger partial charge is 0.323 e. The zero-order chi connectivity index (χ0) is 28.8. The molecule has 1 aliphatic heterocycles. The molecule has 8 nitrogen and oxygen atoms in total. The number of anilines is 2. The Morgan fingerprint density at radius 2 is 1.85 bits per heavy atom. The number of nitrogens with one attached hydrogen (secondary N) is 2. The summed E-state index contributed by atoms with van der Waals surface area (Å²) in [6, 6.07) is 18.9. The van der Waals surface area contributed by atoms with E-state index in [0.717, 1.165) is 5.56 Å². The van der Waals surface area contributed by atoms with Crippen molar-refractivity contribution in [1.29, 1.82) is 0 Å². The molecule has 3 N–H and O–H groups in total. The first-order valence-electron chi connectivity index (χ1n) is 13.1. The number of ether oxygens (including phenoxy) is 1. The van der Waals surface area contributed by atoms with E-state index < -0.39 is 12.1 Å². The van der Waals surface area contributed by atoms with E-state index in [1.165, 1.54) is 0 Å². The molecule has 1 aliphatic rings. The maximum Gasteiger partial charge on any atom is 0.323 e. The molecule has 0 fully saturated rings. The Kier molecular flexibility index (Phi) is 9.92. The summed E-state index contributed by atoms with van der Waals surface area (Å²) in [6.45, 7) is 5.19. The van der Waals surface area contributed by atoms with Crippen LogP contribution in [0.4, 0.5) is 16.2 Å². The molecule has 1 heterocycles. The van der Waals surface area contributed by atoms with Gasteiger partial charge in [-0.05, 0) is 55.9 Å². The van der Waals surface area contributed by atoms with Gasteiger partial charge in [0.2, 0.25) is 0 Å². The zero-order valence-corrected chi connectivity index (χ0v) is 24.2. The first-order valence-corrected chi connectivity index (χ1v) is 13.9. The molecule has 0 radical (unpaired) electrons. The Hall–Kier alpha value is -3.30. The maximum atomic E-state index is 13.7. The average molecular weight is 586 g/mol. The number of fused-ring (bicyclic) bond motifs is 1. The van der Waals surface area contributed by atoms with Crippen molar-refractivity contribution in [1.82, 2.24) is 9.80 Å². The molecule has 3 amide bonds. The van der Waals surface area contributed by atoms with Gasteiger partial charge in [-0.15, -0.1) is 0 Å². The second-order valence-electron chi connectivity index (χ2n) is 10.2. The van der Waals surface area contributed by atoms with Crippen molar-refractivity contribution in [2.24, 2.45) is 5.92 Å². The molecule has 0 saturated heterocycles. The van der Waals surface area contributed by atoms with Gasteiger partial charge in [0.25, 0.3) is 5.91 Å². The van der Waals surface area contributed by atoms with Crippen molar-refractivity contribution in [3.05, 3.63) is 87.9 Å². The van der Waals surface area contributed by atoms with Crippen molar-refractivity contribution >= 4 is 46.5 Å². The molecule has 10 heteroatoms. The van der Waals surface area contributed by atoms with Crippen molar-refractivity contribution in [2.45, 2.75) is 32.5 Å². The summed E-state index contributed by atoms with van der Waals surface area (Å²) < 4.78 is 6.57. The van der Waals surface area contributed by atoms with E-state index in [0.29, 0.717) is 52.4 Å². The zero-order valence-electron chi connectivity index (χ0n) is 22.7. The minimum atomic E-state index is -0.459. The lowest BCUT2D eigenvalue weighted by atomic mass is 9.99. The molecular formula is C30H34Cl2N4O4. The molecular weight excluding hydrogens is 551 g/mol. The number of nitrogens with zero attached hydrogens (tertiary/aromatic N) is 2. The van der Waals surface area contributed by atoms with E-state index in [4.69, 9.17) is 27.9 Å². The topological polar surface area (TPSA) is 94.1 Å². The number of urea groups is 1. The molecule has 0 bridgehead atoms. The summed E-state index contributed by atoms with van der Waals surface area (Å²) in [5.74, 6) is -0.0583. The van der Waals surface area contributed by atoms with E-state index in [-0.39, 0.29) is 24.5 Å². The number of amides is 3. The number of likely N-dealkylation sites (N-methyl/N-ethyl adjacent to an activating group) is 1. The van der Waals surface area contributed by atoms with Gasteiger partial charge >= 0.3 is 6.03 Å². The van der Waals surface area contributed by atoms with Crippen LogP contribution >= 0.6 is 23.2 Å². The average Bonchev–Trinajstić information content (AvgIpc) is 2.93. The predicted molar refractivity (Wildman–Crippen MR) is 159 cm³/mol. The summed E-state index contributed by atoms with van der Waals surface area (Å²) in [5.41, 5.74) is 2.33. The number of aliphatic hydroxyl groups is 1. The molecule has 0 aromatic heterocycles. The lowest BCUT2D eigenvalue weighted by Crippen LogP contribution is -2.49. The van der Waals surface area contributed by atoms with Crippen LogP contribution in [0, 0.1) is 5.92 Å². The number of hydrogen-bond donors (Lipinski definition) is 3. The van der Waals surface area contributed by atoms with E-state index in [9.17, 15) is 14.7 Å². The molecule has 0 spiro atoms. The lowest BCUT2D eigenvalue weighted by molar-refractivity contribution is 0.0343. The Bertz CT molecular complexity index is 1340. The number of carbonyl (C=O) groups is 2. The predicted octanol–water partition coefficient (Wildman–Crippen LogP) is 5.99. The monoisotopic (exact) mass is 584 g/mol. The highest BCUT2D eigenvalue weighted by molar-refractivity contribution is 6.42. The first kappa shape index (κ1) is 29.7. The highest BCUT2D eigenvalue weighted by Crippen LogP contribution is 2.35. The number of rotatable bonds is 8. The van der Waals surface area contributed by atoms with Crippen molar-refractivity contribution in [3.8, 4) is 5.75 Å². The second kappa shape index (κ2) is 13.4. The molecule has 212 valence electrons.